The first-order valence-electron chi connectivity index (χ1n) is 12.3. The van der Waals surface area contributed by atoms with E-state index in [2.05, 4.69) is 24.4 Å². The minimum atomic E-state index is -4.28. The number of rotatable bonds is 9. The van der Waals surface area contributed by atoms with Gasteiger partial charge in [0, 0.05) is 42.8 Å². The molecule has 5 rings (SSSR count). The van der Waals surface area contributed by atoms with Gasteiger partial charge in [0.1, 0.15) is 5.25 Å². The van der Waals surface area contributed by atoms with Gasteiger partial charge in [-0.2, -0.15) is 17.5 Å². The Morgan fingerprint density at radius 2 is 1.82 bits per heavy atom. The molecule has 4 aromatic rings. The molecule has 0 spiro atoms. The molecule has 210 valence electrons. The Bertz CT molecular complexity index is 1650. The highest BCUT2D eigenvalue weighted by molar-refractivity contribution is 7.93. The molecule has 1 fully saturated rings. The zero-order chi connectivity index (χ0) is 28.5. The molecule has 1 saturated heterocycles. The van der Waals surface area contributed by atoms with Gasteiger partial charge < -0.3 is 10.2 Å². The average molecular weight is 591 g/mol. The molecule has 0 saturated carbocycles. The SMILES string of the molecule is Cc1nsc(Cc2cnc3ccccc3n2)c1C(=O)Nc1cccc(NS(=O)(=O)C2CN(CCC(F)(F)F)C2)c1. The third kappa shape index (κ3) is 6.57. The first-order chi connectivity index (χ1) is 19.0. The van der Waals surface area contributed by atoms with Crippen molar-refractivity contribution in [2.45, 2.75) is 31.2 Å². The zero-order valence-corrected chi connectivity index (χ0v) is 22.9. The predicted octanol–water partition coefficient (Wildman–Crippen LogP) is 4.62. The highest BCUT2D eigenvalue weighted by Gasteiger charge is 2.39. The molecule has 9 nitrogen and oxygen atoms in total. The molecule has 0 aliphatic carbocycles. The van der Waals surface area contributed by atoms with Crippen molar-refractivity contribution >= 4 is 49.9 Å². The fourth-order valence-corrected chi connectivity index (χ4v) is 6.68. The van der Waals surface area contributed by atoms with Crippen LogP contribution < -0.4 is 10.0 Å². The number of sulfonamides is 1. The largest absolute Gasteiger partial charge is 0.390 e. The molecule has 3 heterocycles. The summed E-state index contributed by atoms with van der Waals surface area (Å²) in [6.07, 6.45) is -3.22. The molecule has 40 heavy (non-hydrogen) atoms. The molecule has 2 aromatic heterocycles. The van der Waals surface area contributed by atoms with Crippen LogP contribution >= 0.6 is 11.5 Å². The molecule has 0 bridgehead atoms. The maximum atomic E-state index is 13.2. The quantitative estimate of drug-likeness (QED) is 0.292. The predicted molar refractivity (Wildman–Crippen MR) is 147 cm³/mol. The van der Waals surface area contributed by atoms with E-state index in [0.29, 0.717) is 29.1 Å². The van der Waals surface area contributed by atoms with Crippen molar-refractivity contribution in [1.29, 1.82) is 0 Å². The Hall–Kier alpha value is -3.62. The van der Waals surface area contributed by atoms with Gasteiger partial charge in [-0.3, -0.25) is 14.5 Å². The first kappa shape index (κ1) is 27.9. The number of nitrogens with one attached hydrogen (secondary N) is 2. The summed E-state index contributed by atoms with van der Waals surface area (Å²) in [6.45, 7) is 1.55. The number of amides is 1. The normalized spacial score (nSPS) is 14.7. The number of likely N-dealkylation sites (tertiary alicyclic amines) is 1. The number of carbonyl (C=O) groups is 1. The van der Waals surface area contributed by atoms with Crippen LogP contribution in [0.2, 0.25) is 0 Å². The van der Waals surface area contributed by atoms with E-state index in [4.69, 9.17) is 0 Å². The Labute approximate surface area is 232 Å². The maximum absolute atomic E-state index is 13.2. The van der Waals surface area contributed by atoms with Crippen LogP contribution in [0.4, 0.5) is 24.5 Å². The summed E-state index contributed by atoms with van der Waals surface area (Å²) in [5, 5.41) is 1.98. The van der Waals surface area contributed by atoms with Crippen molar-refractivity contribution in [2.24, 2.45) is 0 Å². The third-order valence-corrected chi connectivity index (χ3v) is 9.09. The lowest BCUT2D eigenvalue weighted by atomic mass is 10.1. The molecule has 2 aromatic carbocycles. The number of fused-ring (bicyclic) bond motifs is 1. The molecule has 0 radical (unpaired) electrons. The maximum Gasteiger partial charge on any atom is 0.390 e. The van der Waals surface area contributed by atoms with Gasteiger partial charge in [-0.25, -0.2) is 13.4 Å². The van der Waals surface area contributed by atoms with E-state index < -0.39 is 33.8 Å². The van der Waals surface area contributed by atoms with Crippen LogP contribution in [-0.4, -0.2) is 64.6 Å². The number of alkyl halides is 3. The summed E-state index contributed by atoms with van der Waals surface area (Å²) in [7, 11) is -3.82. The molecule has 1 aliphatic rings. The fourth-order valence-electron chi connectivity index (χ4n) is 4.36. The lowest BCUT2D eigenvalue weighted by molar-refractivity contribution is -0.139. The van der Waals surface area contributed by atoms with E-state index in [1.54, 1.807) is 25.3 Å². The lowest BCUT2D eigenvalue weighted by Crippen LogP contribution is -2.56. The van der Waals surface area contributed by atoms with Crippen molar-refractivity contribution in [3.63, 3.8) is 0 Å². The number of aryl methyl sites for hydroxylation is 1. The van der Waals surface area contributed by atoms with Gasteiger partial charge in [-0.15, -0.1) is 0 Å². The van der Waals surface area contributed by atoms with Crippen molar-refractivity contribution in [1.82, 2.24) is 19.2 Å². The van der Waals surface area contributed by atoms with Gasteiger partial charge in [0.15, 0.2) is 0 Å². The second-order valence-corrected chi connectivity index (χ2v) is 12.3. The van der Waals surface area contributed by atoms with Gasteiger partial charge >= 0.3 is 6.18 Å². The molecule has 1 amide bonds. The van der Waals surface area contributed by atoms with Gasteiger partial charge in [-0.1, -0.05) is 18.2 Å². The standard InChI is InChI=1S/C26H25F3N6O3S2/c1-16-24(23(39-33-16)12-19-13-30-21-7-2-3-8-22(21)31-19)25(36)32-17-5-4-6-18(11-17)34-40(37,38)20-14-35(15-20)10-9-26(27,28)29/h2-8,11,13,20,34H,9-10,12,14-15H2,1H3,(H,32,36). The van der Waals surface area contributed by atoms with E-state index >= 15 is 0 Å². The van der Waals surface area contributed by atoms with Crippen molar-refractivity contribution < 1.29 is 26.4 Å². The molecule has 0 unspecified atom stereocenters. The van der Waals surface area contributed by atoms with E-state index in [1.165, 1.54) is 28.6 Å². The number of hydrogen-bond donors (Lipinski definition) is 2. The van der Waals surface area contributed by atoms with Crippen molar-refractivity contribution in [3.8, 4) is 0 Å². The number of para-hydroxylation sites is 2. The van der Waals surface area contributed by atoms with Gasteiger partial charge in [0.25, 0.3) is 5.91 Å². The second kappa shape index (κ2) is 11.1. The zero-order valence-electron chi connectivity index (χ0n) is 21.3. The minimum Gasteiger partial charge on any atom is -0.322 e. The number of benzene rings is 2. The summed E-state index contributed by atoms with van der Waals surface area (Å²) in [5.41, 5.74) is 3.80. The molecule has 14 heteroatoms. The monoisotopic (exact) mass is 590 g/mol. The Morgan fingerprint density at radius 1 is 1.10 bits per heavy atom. The smallest absolute Gasteiger partial charge is 0.322 e. The van der Waals surface area contributed by atoms with Gasteiger partial charge in [0.2, 0.25) is 10.0 Å². The van der Waals surface area contributed by atoms with Crippen LogP contribution in [0.5, 0.6) is 0 Å². The Morgan fingerprint density at radius 3 is 2.58 bits per heavy atom. The molecule has 1 aliphatic heterocycles. The minimum absolute atomic E-state index is 0.0244. The summed E-state index contributed by atoms with van der Waals surface area (Å²) in [4.78, 5) is 24.5. The van der Waals surface area contributed by atoms with E-state index in [0.717, 1.165) is 15.9 Å². The highest BCUT2D eigenvalue weighted by Crippen LogP contribution is 2.27. The molecule has 0 atom stereocenters. The first-order valence-corrected chi connectivity index (χ1v) is 14.7. The van der Waals surface area contributed by atoms with Crippen molar-refractivity contribution in [2.75, 3.05) is 29.7 Å². The van der Waals surface area contributed by atoms with Crippen LogP contribution in [0.3, 0.4) is 0 Å². The fraction of sp³-hybridized carbons (Fsp3) is 0.308. The topological polar surface area (TPSA) is 117 Å². The summed E-state index contributed by atoms with van der Waals surface area (Å²) >= 11 is 1.21. The van der Waals surface area contributed by atoms with E-state index in [1.807, 2.05) is 24.3 Å². The Balaban J connectivity index is 1.23. The van der Waals surface area contributed by atoms with Gasteiger partial charge in [-0.05, 0) is 48.8 Å². The highest BCUT2D eigenvalue weighted by atomic mass is 32.2. The number of carbonyl (C=O) groups excluding carboxylic acids is 1. The lowest BCUT2D eigenvalue weighted by Gasteiger charge is -2.38. The summed E-state index contributed by atoms with van der Waals surface area (Å²) < 4.78 is 69.5. The number of halogens is 3. The van der Waals surface area contributed by atoms with Gasteiger partial charge in [0.05, 0.1) is 40.1 Å². The summed E-state index contributed by atoms with van der Waals surface area (Å²) in [6, 6.07) is 13.7. The van der Waals surface area contributed by atoms with Crippen molar-refractivity contribution in [3.05, 3.63) is 76.6 Å². The molecular formula is C26H25F3N6O3S2. The number of anilines is 2. The molecule has 2 N–H and O–H groups in total. The van der Waals surface area contributed by atoms with Crippen LogP contribution in [-0.2, 0) is 16.4 Å². The number of hydrogen-bond acceptors (Lipinski definition) is 8. The number of aromatic nitrogens is 3. The molecular weight excluding hydrogens is 565 g/mol. The van der Waals surface area contributed by atoms with Crippen LogP contribution in [0.25, 0.3) is 11.0 Å². The van der Waals surface area contributed by atoms with E-state index in [9.17, 15) is 26.4 Å². The number of nitrogens with zero attached hydrogens (tertiary/aromatic N) is 4. The van der Waals surface area contributed by atoms with Crippen LogP contribution in [0.1, 0.15) is 33.0 Å². The third-order valence-electron chi connectivity index (χ3n) is 6.46. The van der Waals surface area contributed by atoms with Crippen LogP contribution in [0, 0.1) is 6.92 Å². The summed E-state index contributed by atoms with van der Waals surface area (Å²) in [5.74, 6) is -0.394. The second-order valence-electron chi connectivity index (χ2n) is 9.52. The van der Waals surface area contributed by atoms with E-state index in [-0.39, 0.29) is 25.3 Å². The average Bonchev–Trinajstić information content (AvgIpc) is 3.21. The van der Waals surface area contributed by atoms with Crippen LogP contribution in [0.15, 0.2) is 54.7 Å². The Kier molecular flexibility index (Phi) is 7.75.